The van der Waals surface area contributed by atoms with Crippen LogP contribution in [0.15, 0.2) is 0 Å². The summed E-state index contributed by atoms with van der Waals surface area (Å²) in [7, 11) is 4.35. The van der Waals surface area contributed by atoms with Crippen molar-refractivity contribution in [2.45, 2.75) is 25.3 Å². The minimum atomic E-state index is 0.157. The Balaban J connectivity index is 2.49. The van der Waals surface area contributed by atoms with Crippen LogP contribution < -0.4 is 5.73 Å². The van der Waals surface area contributed by atoms with E-state index in [9.17, 15) is 0 Å². The molecule has 2 N–H and O–H groups in total. The van der Waals surface area contributed by atoms with Gasteiger partial charge < -0.3 is 15.4 Å². The number of hydrogen-bond donors (Lipinski definition) is 1. The Morgan fingerprint density at radius 3 is 2.81 bits per heavy atom. The molecule has 0 spiro atoms. The summed E-state index contributed by atoms with van der Waals surface area (Å²) in [5.41, 5.74) is 6.15. The van der Waals surface area contributed by atoms with Crippen molar-refractivity contribution < 1.29 is 4.74 Å². The molecule has 1 unspecified atom stereocenters. The molecule has 0 saturated carbocycles. The van der Waals surface area contributed by atoms with E-state index in [4.69, 9.17) is 10.5 Å². The van der Waals surface area contributed by atoms with Crippen LogP contribution >= 0.6 is 0 Å². The molecule has 1 rings (SSSR count). The van der Waals surface area contributed by atoms with Gasteiger partial charge in [0.1, 0.15) is 0 Å². The van der Waals surface area contributed by atoms with Gasteiger partial charge in [-0.1, -0.05) is 0 Å². The summed E-state index contributed by atoms with van der Waals surface area (Å²) < 4.78 is 5.42. The number of ether oxygens (including phenoxy) is 1. The Labute approximate surface area is 99.7 Å². The first-order valence-corrected chi connectivity index (χ1v) is 6.32. The van der Waals surface area contributed by atoms with E-state index in [1.54, 1.807) is 0 Å². The maximum Gasteiger partial charge on any atom is 0.0593 e. The summed E-state index contributed by atoms with van der Waals surface area (Å²) in [4.78, 5) is 4.77. The minimum Gasteiger partial charge on any atom is -0.380 e. The van der Waals surface area contributed by atoms with Crippen LogP contribution in [-0.4, -0.2) is 68.8 Å². The number of likely N-dealkylation sites (N-methyl/N-ethyl adjacent to an activating group) is 2. The highest BCUT2D eigenvalue weighted by Gasteiger charge is 2.36. The molecule has 4 heteroatoms. The van der Waals surface area contributed by atoms with E-state index in [0.717, 1.165) is 32.8 Å². The number of rotatable bonds is 6. The van der Waals surface area contributed by atoms with Crippen LogP contribution in [0.5, 0.6) is 0 Å². The van der Waals surface area contributed by atoms with Gasteiger partial charge in [-0.05, 0) is 40.4 Å². The summed E-state index contributed by atoms with van der Waals surface area (Å²) in [6.07, 6.45) is 2.45. The van der Waals surface area contributed by atoms with Gasteiger partial charge in [0, 0.05) is 31.8 Å². The zero-order valence-electron chi connectivity index (χ0n) is 11.0. The molecule has 0 aromatic heterocycles. The average Bonchev–Trinajstić information content (AvgIpc) is 2.29. The average molecular weight is 229 g/mol. The Hall–Kier alpha value is -0.160. The zero-order chi connectivity index (χ0) is 12.0. The fourth-order valence-electron chi connectivity index (χ4n) is 2.56. The van der Waals surface area contributed by atoms with Gasteiger partial charge in [0.15, 0.2) is 0 Å². The smallest absolute Gasteiger partial charge is 0.0593 e. The van der Waals surface area contributed by atoms with Crippen LogP contribution in [-0.2, 0) is 4.74 Å². The van der Waals surface area contributed by atoms with Crippen LogP contribution in [0.3, 0.4) is 0 Å². The van der Waals surface area contributed by atoms with E-state index in [0.29, 0.717) is 0 Å². The third kappa shape index (κ3) is 3.42. The SMILES string of the molecule is CCOCCN(C)C1(CN)CCCN(C)C1. The Morgan fingerprint density at radius 2 is 2.25 bits per heavy atom. The molecule has 1 aliphatic rings. The molecule has 0 aliphatic carbocycles. The largest absolute Gasteiger partial charge is 0.380 e. The first-order chi connectivity index (χ1) is 7.64. The maximum atomic E-state index is 6.00. The van der Waals surface area contributed by atoms with E-state index in [1.807, 2.05) is 6.92 Å². The van der Waals surface area contributed by atoms with Crippen molar-refractivity contribution in [1.82, 2.24) is 9.80 Å². The van der Waals surface area contributed by atoms with Crippen LogP contribution in [0.4, 0.5) is 0 Å². The van der Waals surface area contributed by atoms with Gasteiger partial charge in [-0.2, -0.15) is 0 Å². The van der Waals surface area contributed by atoms with Crippen LogP contribution in [0.1, 0.15) is 19.8 Å². The first kappa shape index (κ1) is 13.9. The van der Waals surface area contributed by atoms with Gasteiger partial charge in [-0.25, -0.2) is 0 Å². The number of hydrogen-bond acceptors (Lipinski definition) is 4. The van der Waals surface area contributed by atoms with Gasteiger partial charge in [-0.3, -0.25) is 4.90 Å². The van der Waals surface area contributed by atoms with E-state index in [-0.39, 0.29) is 5.54 Å². The molecule has 1 fully saturated rings. The molecule has 1 atom stereocenters. The molecular weight excluding hydrogens is 202 g/mol. The van der Waals surface area contributed by atoms with E-state index in [1.165, 1.54) is 19.4 Å². The van der Waals surface area contributed by atoms with Crippen molar-refractivity contribution >= 4 is 0 Å². The first-order valence-electron chi connectivity index (χ1n) is 6.32. The maximum absolute atomic E-state index is 6.00. The lowest BCUT2D eigenvalue weighted by Crippen LogP contribution is -2.61. The Kier molecular flexibility index (Phi) is 5.69. The van der Waals surface area contributed by atoms with Crippen molar-refractivity contribution in [3.63, 3.8) is 0 Å². The summed E-state index contributed by atoms with van der Waals surface area (Å²) in [6, 6.07) is 0. The molecule has 1 heterocycles. The number of likely N-dealkylation sites (tertiary alicyclic amines) is 1. The highest BCUT2D eigenvalue weighted by atomic mass is 16.5. The molecule has 1 aliphatic heterocycles. The second kappa shape index (κ2) is 6.55. The molecule has 96 valence electrons. The van der Waals surface area contributed by atoms with Crippen LogP contribution in [0.25, 0.3) is 0 Å². The predicted octanol–water partition coefficient (Wildman–Crippen LogP) is 0.378. The minimum absolute atomic E-state index is 0.157. The second-order valence-electron chi connectivity index (χ2n) is 4.89. The van der Waals surface area contributed by atoms with Gasteiger partial charge in [0.25, 0.3) is 0 Å². The molecule has 4 nitrogen and oxygen atoms in total. The lowest BCUT2D eigenvalue weighted by molar-refractivity contribution is 0.0221. The standard InChI is InChI=1S/C12H27N3O/c1-4-16-9-8-15(3)12(10-13)6-5-7-14(2)11-12/h4-11,13H2,1-3H3. The quantitative estimate of drug-likeness (QED) is 0.669. The van der Waals surface area contributed by atoms with Crippen LogP contribution in [0.2, 0.25) is 0 Å². The summed E-state index contributed by atoms with van der Waals surface area (Å²) in [6.45, 7) is 7.61. The van der Waals surface area contributed by atoms with E-state index >= 15 is 0 Å². The van der Waals surface area contributed by atoms with Crippen LogP contribution in [0, 0.1) is 0 Å². The summed E-state index contributed by atoms with van der Waals surface area (Å²) in [5, 5.41) is 0. The molecule has 0 aromatic rings. The molecule has 0 bridgehead atoms. The third-order valence-corrected chi connectivity index (χ3v) is 3.71. The topological polar surface area (TPSA) is 41.7 Å². The molecule has 1 saturated heterocycles. The van der Waals surface area contributed by atoms with Gasteiger partial charge in [0.05, 0.1) is 6.61 Å². The van der Waals surface area contributed by atoms with Crippen molar-refractivity contribution in [3.8, 4) is 0 Å². The molecule has 0 radical (unpaired) electrons. The summed E-state index contributed by atoms with van der Waals surface area (Å²) in [5.74, 6) is 0. The molecule has 0 amide bonds. The van der Waals surface area contributed by atoms with Crippen molar-refractivity contribution in [3.05, 3.63) is 0 Å². The number of nitrogens with two attached hydrogens (primary N) is 1. The predicted molar refractivity (Wildman–Crippen MR) is 67.6 cm³/mol. The summed E-state index contributed by atoms with van der Waals surface area (Å²) >= 11 is 0. The highest BCUT2D eigenvalue weighted by molar-refractivity contribution is 4.95. The van der Waals surface area contributed by atoms with Crippen molar-refractivity contribution in [2.24, 2.45) is 5.73 Å². The third-order valence-electron chi connectivity index (χ3n) is 3.71. The molecule has 16 heavy (non-hydrogen) atoms. The Bertz CT molecular complexity index is 201. The monoisotopic (exact) mass is 229 g/mol. The molecule has 0 aromatic carbocycles. The van der Waals surface area contributed by atoms with Gasteiger partial charge in [-0.15, -0.1) is 0 Å². The second-order valence-corrected chi connectivity index (χ2v) is 4.89. The zero-order valence-corrected chi connectivity index (χ0v) is 11.0. The number of piperidine rings is 1. The lowest BCUT2D eigenvalue weighted by atomic mass is 9.87. The fourth-order valence-corrected chi connectivity index (χ4v) is 2.56. The van der Waals surface area contributed by atoms with Crippen molar-refractivity contribution in [1.29, 1.82) is 0 Å². The van der Waals surface area contributed by atoms with Crippen molar-refractivity contribution in [2.75, 3.05) is 53.5 Å². The highest BCUT2D eigenvalue weighted by Crippen LogP contribution is 2.24. The van der Waals surface area contributed by atoms with Gasteiger partial charge >= 0.3 is 0 Å². The lowest BCUT2D eigenvalue weighted by Gasteiger charge is -2.47. The van der Waals surface area contributed by atoms with E-state index in [2.05, 4.69) is 23.9 Å². The molecular formula is C12H27N3O. The van der Waals surface area contributed by atoms with Gasteiger partial charge in [0.2, 0.25) is 0 Å². The fraction of sp³-hybridized carbons (Fsp3) is 1.00. The number of nitrogens with zero attached hydrogens (tertiary/aromatic N) is 2. The van der Waals surface area contributed by atoms with E-state index < -0.39 is 0 Å². The normalized spacial score (nSPS) is 27.6. The Morgan fingerprint density at radius 1 is 1.50 bits per heavy atom.